The Kier molecular flexibility index (Phi) is 3.49. The van der Waals surface area contributed by atoms with E-state index in [4.69, 9.17) is 15.2 Å². The maximum atomic E-state index is 5.77. The molecular formula is C12H17N3O2. The first-order valence-corrected chi connectivity index (χ1v) is 5.56. The zero-order chi connectivity index (χ0) is 12.3. The van der Waals surface area contributed by atoms with Gasteiger partial charge in [-0.1, -0.05) is 0 Å². The van der Waals surface area contributed by atoms with E-state index in [9.17, 15) is 0 Å². The summed E-state index contributed by atoms with van der Waals surface area (Å²) in [6, 6.07) is 5.69. The maximum absolute atomic E-state index is 5.77. The summed E-state index contributed by atoms with van der Waals surface area (Å²) in [7, 11) is 3.57. The molecule has 0 fully saturated rings. The Bertz CT molecular complexity index is 508. The number of nitrogen functional groups attached to an aromatic ring is 1. The van der Waals surface area contributed by atoms with E-state index in [1.165, 1.54) is 0 Å². The van der Waals surface area contributed by atoms with Crippen molar-refractivity contribution in [3.63, 3.8) is 0 Å². The summed E-state index contributed by atoms with van der Waals surface area (Å²) in [6.07, 6.45) is 0.844. The zero-order valence-electron chi connectivity index (χ0n) is 10.1. The molecule has 5 nitrogen and oxygen atoms in total. The van der Waals surface area contributed by atoms with Gasteiger partial charge in [-0.3, -0.25) is 4.68 Å². The van der Waals surface area contributed by atoms with Crippen molar-refractivity contribution in [1.82, 2.24) is 9.78 Å². The Labute approximate surface area is 100 Å². The predicted octanol–water partition coefficient (Wildman–Crippen LogP) is 1.57. The molecule has 1 aromatic heterocycles. The standard InChI is InChI=1S/C12H17N3O2/c1-15-11-5-4-9(13)8-10(11)12(14-15)17-7-3-6-16-2/h4-5,8H,3,6-7,13H2,1-2H3. The fraction of sp³-hybridized carbons (Fsp3) is 0.417. The number of hydrogen-bond donors (Lipinski definition) is 1. The first kappa shape index (κ1) is 11.7. The van der Waals surface area contributed by atoms with Gasteiger partial charge in [0.25, 0.3) is 0 Å². The molecule has 0 saturated carbocycles. The van der Waals surface area contributed by atoms with E-state index < -0.39 is 0 Å². The van der Waals surface area contributed by atoms with E-state index in [-0.39, 0.29) is 0 Å². The fourth-order valence-electron chi connectivity index (χ4n) is 1.73. The van der Waals surface area contributed by atoms with Crippen LogP contribution >= 0.6 is 0 Å². The molecule has 1 aromatic carbocycles. The molecule has 0 unspecified atom stereocenters. The van der Waals surface area contributed by atoms with Crippen LogP contribution in [0.1, 0.15) is 6.42 Å². The third-order valence-corrected chi connectivity index (χ3v) is 2.57. The third-order valence-electron chi connectivity index (χ3n) is 2.57. The molecule has 2 rings (SSSR count). The summed E-state index contributed by atoms with van der Waals surface area (Å²) in [6.45, 7) is 1.28. The molecule has 0 spiro atoms. The number of ether oxygens (including phenoxy) is 2. The summed E-state index contributed by atoms with van der Waals surface area (Å²) in [5.41, 5.74) is 7.50. The minimum Gasteiger partial charge on any atom is -0.476 e. The molecule has 0 aliphatic carbocycles. The topological polar surface area (TPSA) is 62.3 Å². The van der Waals surface area contributed by atoms with Gasteiger partial charge in [0.15, 0.2) is 0 Å². The Balaban J connectivity index is 2.19. The first-order valence-electron chi connectivity index (χ1n) is 5.56. The number of nitrogens with zero attached hydrogens (tertiary/aromatic N) is 2. The van der Waals surface area contributed by atoms with Gasteiger partial charge in [0.05, 0.1) is 17.5 Å². The highest BCUT2D eigenvalue weighted by molar-refractivity contribution is 5.87. The van der Waals surface area contributed by atoms with Gasteiger partial charge in [-0.15, -0.1) is 5.10 Å². The fourth-order valence-corrected chi connectivity index (χ4v) is 1.73. The largest absolute Gasteiger partial charge is 0.476 e. The lowest BCUT2D eigenvalue weighted by atomic mass is 10.2. The second-order valence-electron chi connectivity index (χ2n) is 3.90. The van der Waals surface area contributed by atoms with Crippen LogP contribution in [0.2, 0.25) is 0 Å². The molecule has 2 aromatic rings. The number of anilines is 1. The SMILES string of the molecule is COCCCOc1nn(C)c2ccc(N)cc12. The van der Waals surface area contributed by atoms with Crippen molar-refractivity contribution in [1.29, 1.82) is 0 Å². The van der Waals surface area contributed by atoms with Gasteiger partial charge in [-0.05, 0) is 18.2 Å². The van der Waals surface area contributed by atoms with Crippen molar-refractivity contribution in [2.45, 2.75) is 6.42 Å². The number of hydrogen-bond acceptors (Lipinski definition) is 4. The Morgan fingerprint density at radius 2 is 2.18 bits per heavy atom. The van der Waals surface area contributed by atoms with Gasteiger partial charge in [0, 0.05) is 32.9 Å². The molecule has 2 N–H and O–H groups in total. The van der Waals surface area contributed by atoms with Crippen LogP contribution in [0.4, 0.5) is 5.69 Å². The van der Waals surface area contributed by atoms with E-state index in [2.05, 4.69) is 5.10 Å². The molecule has 0 atom stereocenters. The normalized spacial score (nSPS) is 10.9. The predicted molar refractivity (Wildman–Crippen MR) is 67.1 cm³/mol. The number of rotatable bonds is 5. The summed E-state index contributed by atoms with van der Waals surface area (Å²) >= 11 is 0. The van der Waals surface area contributed by atoms with Gasteiger partial charge < -0.3 is 15.2 Å². The minimum absolute atomic E-state index is 0.592. The molecule has 0 amide bonds. The van der Waals surface area contributed by atoms with Crippen LogP contribution in [0, 0.1) is 0 Å². The lowest BCUT2D eigenvalue weighted by Gasteiger charge is -2.02. The molecule has 17 heavy (non-hydrogen) atoms. The van der Waals surface area contributed by atoms with Gasteiger partial charge in [0.1, 0.15) is 0 Å². The molecule has 1 heterocycles. The number of benzene rings is 1. The van der Waals surface area contributed by atoms with Gasteiger partial charge in [0.2, 0.25) is 5.88 Å². The van der Waals surface area contributed by atoms with Crippen molar-refractivity contribution in [2.75, 3.05) is 26.1 Å². The summed E-state index contributed by atoms with van der Waals surface area (Å²) < 4.78 is 12.4. The van der Waals surface area contributed by atoms with Crippen LogP contribution in [-0.4, -0.2) is 30.1 Å². The molecule has 0 aliphatic heterocycles. The third kappa shape index (κ3) is 2.50. The number of aromatic nitrogens is 2. The van der Waals surface area contributed by atoms with E-state index in [0.717, 1.165) is 17.3 Å². The summed E-state index contributed by atoms with van der Waals surface area (Å²) in [5.74, 6) is 0.630. The molecule has 0 bridgehead atoms. The van der Waals surface area contributed by atoms with E-state index in [1.54, 1.807) is 11.8 Å². The van der Waals surface area contributed by atoms with Crippen molar-refractivity contribution in [3.8, 4) is 5.88 Å². The molecular weight excluding hydrogens is 218 g/mol. The van der Waals surface area contributed by atoms with Crippen LogP contribution in [-0.2, 0) is 11.8 Å². The second kappa shape index (κ2) is 5.05. The zero-order valence-corrected chi connectivity index (χ0v) is 10.1. The van der Waals surface area contributed by atoms with Crippen molar-refractivity contribution < 1.29 is 9.47 Å². The lowest BCUT2D eigenvalue weighted by Crippen LogP contribution is -2.02. The average molecular weight is 235 g/mol. The van der Waals surface area contributed by atoms with Crippen LogP contribution in [0.5, 0.6) is 5.88 Å². The first-order chi connectivity index (χ1) is 8.22. The highest BCUT2D eigenvalue weighted by Gasteiger charge is 2.09. The average Bonchev–Trinajstić information content (AvgIpc) is 2.61. The monoisotopic (exact) mass is 235 g/mol. The number of methoxy groups -OCH3 is 1. The van der Waals surface area contributed by atoms with Gasteiger partial charge >= 0.3 is 0 Å². The molecule has 5 heteroatoms. The highest BCUT2D eigenvalue weighted by Crippen LogP contribution is 2.26. The molecule has 92 valence electrons. The van der Waals surface area contributed by atoms with E-state index in [1.807, 2.05) is 25.2 Å². The number of aryl methyl sites for hydroxylation is 1. The highest BCUT2D eigenvalue weighted by atomic mass is 16.5. The molecule has 0 radical (unpaired) electrons. The quantitative estimate of drug-likeness (QED) is 0.631. The van der Waals surface area contributed by atoms with Crippen LogP contribution < -0.4 is 10.5 Å². The van der Waals surface area contributed by atoms with Crippen LogP contribution in [0.3, 0.4) is 0 Å². The van der Waals surface area contributed by atoms with Crippen molar-refractivity contribution in [2.24, 2.45) is 7.05 Å². The van der Waals surface area contributed by atoms with Crippen molar-refractivity contribution in [3.05, 3.63) is 18.2 Å². The molecule has 0 aliphatic rings. The Morgan fingerprint density at radius 1 is 1.35 bits per heavy atom. The summed E-state index contributed by atoms with van der Waals surface area (Å²) in [5, 5.41) is 5.28. The number of nitrogens with two attached hydrogens (primary N) is 1. The Hall–Kier alpha value is -1.75. The number of fused-ring (bicyclic) bond motifs is 1. The van der Waals surface area contributed by atoms with Crippen LogP contribution in [0.15, 0.2) is 18.2 Å². The second-order valence-corrected chi connectivity index (χ2v) is 3.90. The van der Waals surface area contributed by atoms with E-state index >= 15 is 0 Å². The Morgan fingerprint density at radius 3 is 2.94 bits per heavy atom. The molecule has 0 saturated heterocycles. The lowest BCUT2D eigenvalue weighted by molar-refractivity contribution is 0.171. The van der Waals surface area contributed by atoms with Crippen molar-refractivity contribution >= 4 is 16.6 Å². The summed E-state index contributed by atoms with van der Waals surface area (Å²) in [4.78, 5) is 0. The van der Waals surface area contributed by atoms with Gasteiger partial charge in [-0.25, -0.2) is 0 Å². The van der Waals surface area contributed by atoms with Gasteiger partial charge in [-0.2, -0.15) is 0 Å². The maximum Gasteiger partial charge on any atom is 0.240 e. The minimum atomic E-state index is 0.592. The smallest absolute Gasteiger partial charge is 0.240 e. The van der Waals surface area contributed by atoms with E-state index in [0.29, 0.717) is 24.8 Å². The van der Waals surface area contributed by atoms with Crippen LogP contribution in [0.25, 0.3) is 10.9 Å².